The minimum absolute atomic E-state index is 0.411. The van der Waals surface area contributed by atoms with E-state index in [9.17, 15) is 4.79 Å². The van der Waals surface area contributed by atoms with Crippen molar-refractivity contribution in [2.75, 3.05) is 12.9 Å². The predicted octanol–water partition coefficient (Wildman–Crippen LogP) is 2.55. The Bertz CT molecular complexity index is 419. The van der Waals surface area contributed by atoms with E-state index in [2.05, 4.69) is 45.2 Å². The van der Waals surface area contributed by atoms with Gasteiger partial charge in [-0.05, 0) is 62.9 Å². The van der Waals surface area contributed by atoms with Crippen molar-refractivity contribution in [3.05, 3.63) is 24.8 Å². The highest BCUT2D eigenvalue weighted by Gasteiger charge is 2.12. The van der Waals surface area contributed by atoms with Gasteiger partial charge in [-0.1, -0.05) is 0 Å². The number of methoxy groups -OCH3 is 1. The van der Waals surface area contributed by atoms with Crippen LogP contribution in [0.15, 0.2) is 12.1 Å². The van der Waals surface area contributed by atoms with Crippen LogP contribution in [0.5, 0.6) is 5.75 Å². The fourth-order valence-corrected chi connectivity index (χ4v) is 4.52. The fourth-order valence-electron chi connectivity index (χ4n) is 1.27. The highest BCUT2D eigenvalue weighted by Crippen LogP contribution is 2.29. The Hall–Kier alpha value is 0.260. The Morgan fingerprint density at radius 2 is 2.06 bits per heavy atom. The van der Waals surface area contributed by atoms with Crippen LogP contribution in [0.3, 0.4) is 0 Å². The van der Waals surface area contributed by atoms with E-state index in [1.54, 1.807) is 7.11 Å². The molecule has 1 aromatic carbocycles. The molecule has 0 saturated carbocycles. The van der Waals surface area contributed by atoms with E-state index in [-0.39, 0.29) is 0 Å². The van der Waals surface area contributed by atoms with Crippen LogP contribution in [0.4, 0.5) is 0 Å². The van der Waals surface area contributed by atoms with Gasteiger partial charge in [-0.3, -0.25) is 4.79 Å². The average molecular weight is 493 g/mol. The largest absolute Gasteiger partial charge is 0.495 e. The molecule has 100 valence electrons. The van der Waals surface area contributed by atoms with Crippen LogP contribution in [-0.4, -0.2) is 30.0 Å². The third kappa shape index (κ3) is 4.74. The number of nitrogens with two attached hydrogens (primary N) is 1. The molecule has 3 N–H and O–H groups in total. The highest BCUT2D eigenvalue weighted by atomic mass is 127. The quantitative estimate of drug-likeness (QED) is 0.597. The molecule has 18 heavy (non-hydrogen) atoms. The van der Waals surface area contributed by atoms with Crippen molar-refractivity contribution in [1.29, 1.82) is 0 Å². The molecule has 7 heteroatoms. The van der Waals surface area contributed by atoms with Crippen molar-refractivity contribution in [1.82, 2.24) is 0 Å². The first-order valence-corrected chi connectivity index (χ1v) is 8.35. The number of rotatable bonds is 6. The molecular formula is C11H13I2NO3S. The molecule has 0 spiro atoms. The van der Waals surface area contributed by atoms with Crippen LogP contribution < -0.4 is 10.5 Å². The summed E-state index contributed by atoms with van der Waals surface area (Å²) in [5.41, 5.74) is 6.59. The van der Waals surface area contributed by atoms with Gasteiger partial charge in [0.1, 0.15) is 11.8 Å². The third-order valence-electron chi connectivity index (χ3n) is 2.15. The van der Waals surface area contributed by atoms with Crippen LogP contribution in [0.2, 0.25) is 0 Å². The number of carboxylic acid groups (broad SMARTS) is 1. The van der Waals surface area contributed by atoms with Crippen molar-refractivity contribution >= 4 is 62.9 Å². The summed E-state index contributed by atoms with van der Waals surface area (Å²) in [5.74, 6) is 1.08. The first kappa shape index (κ1) is 16.3. The lowest BCUT2D eigenvalue weighted by atomic mass is 10.2. The van der Waals surface area contributed by atoms with Crippen LogP contribution in [0, 0.1) is 7.14 Å². The molecule has 0 saturated heterocycles. The molecule has 0 fully saturated rings. The smallest absolute Gasteiger partial charge is 0.321 e. The monoisotopic (exact) mass is 493 g/mol. The van der Waals surface area contributed by atoms with E-state index in [0.717, 1.165) is 24.2 Å². The van der Waals surface area contributed by atoms with E-state index in [1.165, 1.54) is 11.8 Å². The number of thioether (sulfide) groups is 1. The first-order chi connectivity index (χ1) is 8.45. The van der Waals surface area contributed by atoms with Crippen LogP contribution in [-0.2, 0) is 10.5 Å². The van der Waals surface area contributed by atoms with Crippen molar-refractivity contribution in [3.8, 4) is 5.75 Å². The molecule has 0 amide bonds. The lowest BCUT2D eigenvalue weighted by Crippen LogP contribution is -2.32. The van der Waals surface area contributed by atoms with Gasteiger partial charge in [-0.15, -0.1) is 0 Å². The maximum Gasteiger partial charge on any atom is 0.321 e. The number of aliphatic carboxylic acids is 1. The van der Waals surface area contributed by atoms with Crippen molar-refractivity contribution in [2.24, 2.45) is 5.73 Å². The summed E-state index contributed by atoms with van der Waals surface area (Å²) < 4.78 is 7.40. The molecule has 1 aromatic rings. The molecule has 0 aliphatic rings. The summed E-state index contributed by atoms with van der Waals surface area (Å²) in [7, 11) is 1.65. The Morgan fingerprint density at radius 3 is 2.50 bits per heavy atom. The minimum Gasteiger partial charge on any atom is -0.495 e. The van der Waals surface area contributed by atoms with Crippen molar-refractivity contribution in [3.63, 3.8) is 0 Å². The van der Waals surface area contributed by atoms with Gasteiger partial charge in [-0.2, -0.15) is 11.8 Å². The summed E-state index contributed by atoms with van der Waals surface area (Å²) in [6, 6.07) is 3.29. The molecule has 1 rings (SSSR count). The van der Waals surface area contributed by atoms with Crippen LogP contribution >= 0.6 is 56.9 Å². The summed E-state index contributed by atoms with van der Waals surface area (Å²) >= 11 is 5.98. The van der Waals surface area contributed by atoms with Gasteiger partial charge in [0.05, 0.1) is 14.3 Å². The molecule has 0 aromatic heterocycles. The maximum absolute atomic E-state index is 10.6. The van der Waals surface area contributed by atoms with Gasteiger partial charge in [0, 0.05) is 11.5 Å². The van der Waals surface area contributed by atoms with Crippen molar-refractivity contribution in [2.45, 2.75) is 11.8 Å². The zero-order chi connectivity index (χ0) is 13.7. The first-order valence-electron chi connectivity index (χ1n) is 5.03. The molecule has 0 aliphatic carbocycles. The molecule has 0 bridgehead atoms. The summed E-state index contributed by atoms with van der Waals surface area (Å²) in [4.78, 5) is 10.6. The fraction of sp³-hybridized carbons (Fsp3) is 0.364. The second-order valence-corrected chi connectivity index (χ2v) is 6.91. The number of benzene rings is 1. The van der Waals surface area contributed by atoms with Crippen molar-refractivity contribution < 1.29 is 14.6 Å². The van der Waals surface area contributed by atoms with Crippen LogP contribution in [0.1, 0.15) is 5.56 Å². The van der Waals surface area contributed by atoms with E-state index in [0.29, 0.717) is 5.75 Å². The molecule has 0 aliphatic heterocycles. The topological polar surface area (TPSA) is 72.5 Å². The normalized spacial score (nSPS) is 12.2. The zero-order valence-electron chi connectivity index (χ0n) is 9.65. The second-order valence-electron chi connectivity index (χ2n) is 3.55. The number of hydrogen-bond donors (Lipinski definition) is 2. The predicted molar refractivity (Wildman–Crippen MR) is 90.2 cm³/mol. The standard InChI is InChI=1S/C11H13I2NO3S/c1-17-10-7(12)2-6(3-8(10)13)4-18-5-9(14)11(15)16/h2-3,9H,4-5,14H2,1H3,(H,15,16)/t9-/m1/s1. The Labute approximate surface area is 137 Å². The van der Waals surface area contributed by atoms with Crippen LogP contribution in [0.25, 0.3) is 0 Å². The lowest BCUT2D eigenvalue weighted by Gasteiger charge is -2.10. The van der Waals surface area contributed by atoms with E-state index >= 15 is 0 Å². The number of carboxylic acids is 1. The molecule has 1 atom stereocenters. The molecule has 0 radical (unpaired) electrons. The molecule has 0 unspecified atom stereocenters. The molecular weight excluding hydrogens is 480 g/mol. The van der Waals surface area contributed by atoms with Gasteiger partial charge < -0.3 is 15.6 Å². The number of hydrogen-bond acceptors (Lipinski definition) is 4. The minimum atomic E-state index is -0.957. The van der Waals surface area contributed by atoms with Gasteiger partial charge in [0.2, 0.25) is 0 Å². The summed E-state index contributed by atoms with van der Waals surface area (Å²) in [6.45, 7) is 0. The Kier molecular flexibility index (Phi) is 7.03. The molecule has 4 nitrogen and oxygen atoms in total. The van der Waals surface area contributed by atoms with E-state index in [1.807, 2.05) is 12.1 Å². The van der Waals surface area contributed by atoms with Gasteiger partial charge in [0.25, 0.3) is 0 Å². The lowest BCUT2D eigenvalue weighted by molar-refractivity contribution is -0.137. The summed E-state index contributed by atoms with van der Waals surface area (Å²) in [5, 5.41) is 8.68. The van der Waals surface area contributed by atoms with Gasteiger partial charge >= 0.3 is 5.97 Å². The van der Waals surface area contributed by atoms with Gasteiger partial charge in [0.15, 0.2) is 0 Å². The Balaban J connectivity index is 2.61. The van der Waals surface area contributed by atoms with E-state index < -0.39 is 12.0 Å². The SMILES string of the molecule is COc1c(I)cc(CSC[C@@H](N)C(=O)O)cc1I. The zero-order valence-corrected chi connectivity index (χ0v) is 14.8. The van der Waals surface area contributed by atoms with E-state index in [4.69, 9.17) is 15.6 Å². The third-order valence-corrected chi connectivity index (χ3v) is 4.88. The average Bonchev–Trinajstić information content (AvgIpc) is 2.28. The number of carbonyl (C=O) groups is 1. The highest BCUT2D eigenvalue weighted by molar-refractivity contribution is 14.1. The summed E-state index contributed by atoms with van der Waals surface area (Å²) in [6.07, 6.45) is 0. The Morgan fingerprint density at radius 1 is 1.50 bits per heavy atom. The number of ether oxygens (including phenoxy) is 1. The number of halogens is 2. The van der Waals surface area contributed by atoms with Gasteiger partial charge in [-0.25, -0.2) is 0 Å². The second kappa shape index (κ2) is 7.75. The molecule has 0 heterocycles. The maximum atomic E-state index is 10.6.